The normalized spacial score (nSPS) is 10.3. The number of benzene rings is 1. The van der Waals surface area contributed by atoms with Crippen LogP contribution in [0.25, 0.3) is 0 Å². The smallest absolute Gasteiger partial charge is 0.338 e. The summed E-state index contributed by atoms with van der Waals surface area (Å²) < 4.78 is 5.17. The molecule has 4 heteroatoms. The third-order valence-corrected chi connectivity index (χ3v) is 2.75. The van der Waals surface area contributed by atoms with Crippen LogP contribution in [0.15, 0.2) is 34.9 Å². The largest absolute Gasteiger partial charge is 0.478 e. The fourth-order valence-electron chi connectivity index (χ4n) is 1.69. The van der Waals surface area contributed by atoms with E-state index in [0.717, 1.165) is 11.3 Å². The zero-order valence-electron chi connectivity index (χ0n) is 10.4. The number of anilines is 1. The van der Waals surface area contributed by atoms with Gasteiger partial charge in [0.05, 0.1) is 12.1 Å². The lowest BCUT2D eigenvalue weighted by atomic mass is 10.1. The van der Waals surface area contributed by atoms with E-state index >= 15 is 0 Å². The highest BCUT2D eigenvalue weighted by molar-refractivity contribution is 5.87. The third-order valence-electron chi connectivity index (χ3n) is 2.75. The van der Waals surface area contributed by atoms with Gasteiger partial charge in [-0.2, -0.15) is 0 Å². The van der Waals surface area contributed by atoms with Crippen LogP contribution in [0.2, 0.25) is 0 Å². The van der Waals surface area contributed by atoms with Gasteiger partial charge in [-0.1, -0.05) is 12.1 Å². The van der Waals surface area contributed by atoms with E-state index in [4.69, 9.17) is 9.52 Å². The van der Waals surface area contributed by atoms with E-state index in [1.807, 2.05) is 19.9 Å². The molecule has 0 radical (unpaired) electrons. The highest BCUT2D eigenvalue weighted by atomic mass is 16.4. The number of carboxylic acids is 1. The molecule has 1 aromatic carbocycles. The first-order chi connectivity index (χ1) is 8.56. The number of aryl methyl sites for hydroxylation is 2. The molecule has 4 nitrogen and oxygen atoms in total. The van der Waals surface area contributed by atoms with Gasteiger partial charge < -0.3 is 14.8 Å². The first-order valence-corrected chi connectivity index (χ1v) is 5.68. The molecule has 2 aromatic rings. The number of rotatable bonds is 4. The van der Waals surface area contributed by atoms with Gasteiger partial charge in [0.1, 0.15) is 12.0 Å². The topological polar surface area (TPSA) is 62.5 Å². The lowest BCUT2D eigenvalue weighted by molar-refractivity contribution is 0.0696. The van der Waals surface area contributed by atoms with Crippen molar-refractivity contribution in [1.82, 2.24) is 0 Å². The van der Waals surface area contributed by atoms with E-state index in [9.17, 15) is 4.79 Å². The predicted molar refractivity (Wildman–Crippen MR) is 68.9 cm³/mol. The molecule has 94 valence electrons. The average Bonchev–Trinajstić information content (AvgIpc) is 2.79. The summed E-state index contributed by atoms with van der Waals surface area (Å²) in [6.45, 7) is 4.52. The average molecular weight is 245 g/mol. The minimum atomic E-state index is -0.975. The maximum absolute atomic E-state index is 10.7. The molecule has 0 aliphatic rings. The van der Waals surface area contributed by atoms with E-state index in [-0.39, 0.29) is 5.56 Å². The van der Waals surface area contributed by atoms with Crippen molar-refractivity contribution in [1.29, 1.82) is 0 Å². The van der Waals surface area contributed by atoms with Crippen LogP contribution >= 0.6 is 0 Å². The van der Waals surface area contributed by atoms with Crippen molar-refractivity contribution in [2.45, 2.75) is 20.4 Å². The summed E-state index contributed by atoms with van der Waals surface area (Å²) in [6.07, 6.45) is 1.25. The molecule has 1 aromatic heterocycles. The summed E-state index contributed by atoms with van der Waals surface area (Å²) in [6, 6.07) is 7.68. The van der Waals surface area contributed by atoms with Crippen molar-refractivity contribution < 1.29 is 14.3 Å². The lowest BCUT2D eigenvalue weighted by Crippen LogP contribution is -2.00. The Bertz CT molecular complexity index is 572. The number of hydrogen-bond donors (Lipinski definition) is 2. The zero-order chi connectivity index (χ0) is 13.1. The highest BCUT2D eigenvalue weighted by Gasteiger charge is 2.08. The number of nitrogens with one attached hydrogen (secondary N) is 1. The van der Waals surface area contributed by atoms with Crippen LogP contribution in [0.1, 0.15) is 27.2 Å². The van der Waals surface area contributed by atoms with Gasteiger partial charge in [-0.25, -0.2) is 4.79 Å². The van der Waals surface area contributed by atoms with Gasteiger partial charge in [-0.15, -0.1) is 0 Å². The molecule has 0 unspecified atom stereocenters. The van der Waals surface area contributed by atoms with Crippen LogP contribution in [0.4, 0.5) is 5.69 Å². The quantitative estimate of drug-likeness (QED) is 0.868. The van der Waals surface area contributed by atoms with Crippen LogP contribution in [0.5, 0.6) is 0 Å². The molecule has 0 fully saturated rings. The van der Waals surface area contributed by atoms with Crippen LogP contribution in [0, 0.1) is 13.8 Å². The number of hydrogen-bond acceptors (Lipinski definition) is 3. The van der Waals surface area contributed by atoms with Crippen LogP contribution < -0.4 is 5.32 Å². The zero-order valence-corrected chi connectivity index (χ0v) is 10.4. The van der Waals surface area contributed by atoms with Gasteiger partial charge in [0.2, 0.25) is 0 Å². The van der Waals surface area contributed by atoms with Crippen molar-refractivity contribution >= 4 is 11.7 Å². The number of aromatic carboxylic acids is 1. The maximum Gasteiger partial charge on any atom is 0.338 e. The predicted octanol–water partition coefficient (Wildman–Crippen LogP) is 3.21. The van der Waals surface area contributed by atoms with Crippen LogP contribution in [0.3, 0.4) is 0 Å². The minimum Gasteiger partial charge on any atom is -0.478 e. The fraction of sp³-hybridized carbons (Fsp3) is 0.214. The summed E-state index contributed by atoms with van der Waals surface area (Å²) >= 11 is 0. The molecular formula is C14H15NO3. The van der Waals surface area contributed by atoms with Gasteiger partial charge in [0.15, 0.2) is 0 Å². The van der Waals surface area contributed by atoms with E-state index < -0.39 is 5.97 Å². The van der Waals surface area contributed by atoms with Gasteiger partial charge in [0.25, 0.3) is 0 Å². The Morgan fingerprint density at radius 1 is 1.33 bits per heavy atom. The Balaban J connectivity index is 2.06. The molecule has 0 atom stereocenters. The fourth-order valence-corrected chi connectivity index (χ4v) is 1.69. The van der Waals surface area contributed by atoms with E-state index in [1.54, 1.807) is 0 Å². The Kier molecular flexibility index (Phi) is 3.37. The van der Waals surface area contributed by atoms with Crippen LogP contribution in [-0.2, 0) is 6.54 Å². The Morgan fingerprint density at radius 3 is 2.78 bits per heavy atom. The Labute approximate surface area is 105 Å². The Hall–Kier alpha value is -2.23. The van der Waals surface area contributed by atoms with Gasteiger partial charge in [0, 0.05) is 5.69 Å². The van der Waals surface area contributed by atoms with E-state index in [1.165, 1.54) is 17.9 Å². The first kappa shape index (κ1) is 12.2. The van der Waals surface area contributed by atoms with Gasteiger partial charge in [-0.3, -0.25) is 0 Å². The van der Waals surface area contributed by atoms with Crippen molar-refractivity contribution in [3.05, 3.63) is 53.0 Å². The molecule has 0 aliphatic carbocycles. The van der Waals surface area contributed by atoms with E-state index in [0.29, 0.717) is 12.3 Å². The van der Waals surface area contributed by atoms with Crippen LogP contribution in [-0.4, -0.2) is 11.1 Å². The molecule has 0 spiro atoms. The molecule has 2 rings (SSSR count). The molecular weight excluding hydrogens is 230 g/mol. The van der Waals surface area contributed by atoms with E-state index in [2.05, 4.69) is 17.4 Å². The second-order valence-corrected chi connectivity index (χ2v) is 4.28. The summed E-state index contributed by atoms with van der Waals surface area (Å²) in [5.74, 6) is -0.370. The first-order valence-electron chi connectivity index (χ1n) is 5.68. The monoisotopic (exact) mass is 245 g/mol. The molecule has 0 bridgehead atoms. The number of carbonyl (C=O) groups is 1. The highest BCUT2D eigenvalue weighted by Crippen LogP contribution is 2.18. The van der Waals surface area contributed by atoms with Crippen molar-refractivity contribution in [2.24, 2.45) is 0 Å². The number of furan rings is 1. The minimum absolute atomic E-state index is 0.174. The molecule has 2 N–H and O–H groups in total. The molecule has 18 heavy (non-hydrogen) atoms. The summed E-state index contributed by atoms with van der Waals surface area (Å²) in [7, 11) is 0. The Morgan fingerprint density at radius 2 is 2.11 bits per heavy atom. The standard InChI is InChI=1S/C14H15NO3/c1-9-3-4-10(2)13(5-9)15-7-12-6-11(8-18-12)14(16)17/h3-6,8,15H,7H2,1-2H3,(H,16,17). The van der Waals surface area contributed by atoms with Gasteiger partial charge >= 0.3 is 5.97 Å². The van der Waals surface area contributed by atoms with Crippen molar-refractivity contribution in [3.8, 4) is 0 Å². The third kappa shape index (κ3) is 2.71. The summed E-state index contributed by atoms with van der Waals surface area (Å²) in [5, 5.41) is 12.0. The maximum atomic E-state index is 10.7. The molecule has 1 heterocycles. The second-order valence-electron chi connectivity index (χ2n) is 4.28. The molecule has 0 aliphatic heterocycles. The molecule has 0 saturated heterocycles. The van der Waals surface area contributed by atoms with Gasteiger partial charge in [-0.05, 0) is 37.1 Å². The summed E-state index contributed by atoms with van der Waals surface area (Å²) in [5.41, 5.74) is 3.52. The second kappa shape index (κ2) is 4.96. The molecule has 0 amide bonds. The summed E-state index contributed by atoms with van der Waals surface area (Å²) in [4.78, 5) is 10.7. The number of carboxylic acid groups (broad SMARTS) is 1. The van der Waals surface area contributed by atoms with Crippen molar-refractivity contribution in [3.63, 3.8) is 0 Å². The lowest BCUT2D eigenvalue weighted by Gasteiger charge is -2.08. The molecule has 0 saturated carbocycles. The SMILES string of the molecule is Cc1ccc(C)c(NCc2cc(C(=O)O)co2)c1. The van der Waals surface area contributed by atoms with Crippen molar-refractivity contribution in [2.75, 3.05) is 5.32 Å².